The van der Waals surface area contributed by atoms with Gasteiger partial charge in [0, 0.05) is 12.7 Å². The average molecular weight is 277 g/mol. The van der Waals surface area contributed by atoms with Crippen molar-refractivity contribution in [3.05, 3.63) is 42.0 Å². The van der Waals surface area contributed by atoms with Crippen molar-refractivity contribution in [3.8, 4) is 0 Å². The fourth-order valence-corrected chi connectivity index (χ4v) is 1.59. The van der Waals surface area contributed by atoms with Crippen molar-refractivity contribution in [2.45, 2.75) is 13.5 Å². The number of nitrogens with one attached hydrogen (secondary N) is 2. The van der Waals surface area contributed by atoms with E-state index >= 15 is 0 Å². The third-order valence-electron chi connectivity index (χ3n) is 2.49. The summed E-state index contributed by atoms with van der Waals surface area (Å²) in [5.74, 6) is 6.32. The van der Waals surface area contributed by atoms with Gasteiger partial charge in [-0.05, 0) is 19.1 Å². The van der Waals surface area contributed by atoms with Gasteiger partial charge >= 0.3 is 0 Å². The molecular weight excluding hydrogens is 261 g/mol. The lowest BCUT2D eigenvalue weighted by Crippen LogP contribution is -2.12. The molecule has 7 heteroatoms. The number of rotatable bonds is 6. The van der Waals surface area contributed by atoms with Crippen LogP contribution in [0.5, 0.6) is 0 Å². The molecule has 0 saturated heterocycles. The maximum absolute atomic E-state index is 13.6. The molecule has 0 bridgehead atoms. The fourth-order valence-electron chi connectivity index (χ4n) is 1.59. The first kappa shape index (κ1) is 14.2. The Kier molecular flexibility index (Phi) is 4.80. The maximum atomic E-state index is 13.6. The van der Waals surface area contributed by atoms with E-state index in [-0.39, 0.29) is 12.4 Å². The molecule has 0 atom stereocenters. The molecule has 2 rings (SSSR count). The second-order valence-corrected chi connectivity index (χ2v) is 3.94. The topological polar surface area (TPSA) is 85.1 Å². The van der Waals surface area contributed by atoms with Gasteiger partial charge < -0.3 is 15.5 Å². The summed E-state index contributed by atoms with van der Waals surface area (Å²) >= 11 is 0. The molecule has 0 unspecified atom stereocenters. The van der Waals surface area contributed by atoms with Gasteiger partial charge in [-0.15, -0.1) is 0 Å². The highest BCUT2D eigenvalue weighted by molar-refractivity contribution is 5.59. The SMILES string of the molecule is CCOCc1nc(NN)cc(Nc2ccccc2F)n1. The van der Waals surface area contributed by atoms with E-state index in [1.807, 2.05) is 6.92 Å². The Labute approximate surface area is 116 Å². The fraction of sp³-hybridized carbons (Fsp3) is 0.231. The third kappa shape index (κ3) is 3.62. The van der Waals surface area contributed by atoms with Gasteiger partial charge in [0.2, 0.25) is 0 Å². The minimum atomic E-state index is -0.361. The van der Waals surface area contributed by atoms with Gasteiger partial charge in [-0.25, -0.2) is 20.2 Å². The predicted octanol–water partition coefficient (Wildman–Crippen LogP) is 2.18. The maximum Gasteiger partial charge on any atom is 0.158 e. The van der Waals surface area contributed by atoms with Crippen molar-refractivity contribution < 1.29 is 9.13 Å². The highest BCUT2D eigenvalue weighted by Gasteiger charge is 2.07. The first-order valence-corrected chi connectivity index (χ1v) is 6.16. The van der Waals surface area contributed by atoms with Crippen LogP contribution in [0.1, 0.15) is 12.7 Å². The molecule has 0 aliphatic heterocycles. The van der Waals surface area contributed by atoms with E-state index in [1.165, 1.54) is 6.07 Å². The second-order valence-electron chi connectivity index (χ2n) is 3.94. The molecule has 0 fully saturated rings. The number of hydrogen-bond donors (Lipinski definition) is 3. The van der Waals surface area contributed by atoms with Crippen LogP contribution in [-0.2, 0) is 11.3 Å². The molecule has 0 aliphatic carbocycles. The minimum Gasteiger partial charge on any atom is -0.374 e. The van der Waals surface area contributed by atoms with Crippen molar-refractivity contribution in [2.24, 2.45) is 5.84 Å². The van der Waals surface area contributed by atoms with E-state index in [0.717, 1.165) is 0 Å². The predicted molar refractivity (Wildman–Crippen MR) is 74.9 cm³/mol. The molecule has 0 aliphatic rings. The van der Waals surface area contributed by atoms with E-state index in [2.05, 4.69) is 20.7 Å². The molecular formula is C13H16FN5O. The number of benzene rings is 1. The summed E-state index contributed by atoms with van der Waals surface area (Å²) in [6.07, 6.45) is 0. The lowest BCUT2D eigenvalue weighted by molar-refractivity contribution is 0.128. The van der Waals surface area contributed by atoms with E-state index in [4.69, 9.17) is 10.6 Å². The van der Waals surface area contributed by atoms with Crippen molar-refractivity contribution in [3.63, 3.8) is 0 Å². The zero-order valence-corrected chi connectivity index (χ0v) is 11.1. The van der Waals surface area contributed by atoms with Crippen molar-refractivity contribution in [1.29, 1.82) is 0 Å². The number of nitrogen functional groups attached to an aromatic ring is 1. The number of para-hydroxylation sites is 1. The smallest absolute Gasteiger partial charge is 0.158 e. The van der Waals surface area contributed by atoms with Crippen LogP contribution < -0.4 is 16.6 Å². The molecule has 4 N–H and O–H groups in total. The minimum absolute atomic E-state index is 0.262. The Bertz CT molecular complexity index is 578. The molecule has 0 radical (unpaired) electrons. The van der Waals surface area contributed by atoms with Crippen LogP contribution in [-0.4, -0.2) is 16.6 Å². The first-order valence-electron chi connectivity index (χ1n) is 6.16. The standard InChI is InChI=1S/C13H16FN5O/c1-2-20-8-13-17-11(7-12(18-13)19-15)16-10-6-4-3-5-9(10)14/h3-7H,2,8,15H2,1H3,(H2,16,17,18,19). The van der Waals surface area contributed by atoms with Crippen LogP contribution in [0.25, 0.3) is 0 Å². The zero-order chi connectivity index (χ0) is 14.4. The molecule has 6 nitrogen and oxygen atoms in total. The Morgan fingerprint density at radius 2 is 2.00 bits per heavy atom. The van der Waals surface area contributed by atoms with Crippen LogP contribution in [0.4, 0.5) is 21.7 Å². The Balaban J connectivity index is 2.24. The van der Waals surface area contributed by atoms with E-state index in [0.29, 0.717) is 29.8 Å². The summed E-state index contributed by atoms with van der Waals surface area (Å²) in [6.45, 7) is 2.70. The lowest BCUT2D eigenvalue weighted by atomic mass is 10.3. The number of aromatic nitrogens is 2. The number of anilines is 3. The summed E-state index contributed by atoms with van der Waals surface area (Å²) in [4.78, 5) is 8.39. The number of ether oxygens (including phenoxy) is 1. The normalized spacial score (nSPS) is 10.3. The van der Waals surface area contributed by atoms with Crippen LogP contribution in [0, 0.1) is 5.82 Å². The number of nitrogens with two attached hydrogens (primary N) is 1. The molecule has 2 aromatic rings. The van der Waals surface area contributed by atoms with Gasteiger partial charge in [0.15, 0.2) is 5.82 Å². The molecule has 0 saturated carbocycles. The summed E-state index contributed by atoms with van der Waals surface area (Å²) in [5.41, 5.74) is 2.77. The number of halogens is 1. The molecule has 20 heavy (non-hydrogen) atoms. The van der Waals surface area contributed by atoms with Gasteiger partial charge in [-0.3, -0.25) is 0 Å². The summed E-state index contributed by atoms with van der Waals surface area (Å²) in [5, 5.41) is 2.89. The number of nitrogens with zero attached hydrogens (tertiary/aromatic N) is 2. The third-order valence-corrected chi connectivity index (χ3v) is 2.49. The van der Waals surface area contributed by atoms with E-state index in [1.54, 1.807) is 24.3 Å². The van der Waals surface area contributed by atoms with E-state index < -0.39 is 0 Å². The van der Waals surface area contributed by atoms with Crippen molar-refractivity contribution in [1.82, 2.24) is 9.97 Å². The van der Waals surface area contributed by atoms with Gasteiger partial charge in [0.25, 0.3) is 0 Å². The first-order chi connectivity index (χ1) is 9.72. The van der Waals surface area contributed by atoms with Gasteiger partial charge in [0.1, 0.15) is 24.1 Å². The molecule has 1 heterocycles. The van der Waals surface area contributed by atoms with E-state index in [9.17, 15) is 4.39 Å². The van der Waals surface area contributed by atoms with Crippen LogP contribution >= 0.6 is 0 Å². The molecule has 1 aromatic heterocycles. The van der Waals surface area contributed by atoms with Gasteiger partial charge in [0.05, 0.1) is 5.69 Å². The summed E-state index contributed by atoms with van der Waals surface area (Å²) < 4.78 is 18.8. The Morgan fingerprint density at radius 1 is 1.25 bits per heavy atom. The monoisotopic (exact) mass is 277 g/mol. The molecule has 106 valence electrons. The van der Waals surface area contributed by atoms with Crippen LogP contribution in [0.15, 0.2) is 30.3 Å². The quantitative estimate of drug-likeness (QED) is 0.554. The second kappa shape index (κ2) is 6.78. The number of hydrogen-bond acceptors (Lipinski definition) is 6. The summed E-state index contributed by atoms with van der Waals surface area (Å²) in [7, 11) is 0. The van der Waals surface area contributed by atoms with Crippen LogP contribution in [0.3, 0.4) is 0 Å². The summed E-state index contributed by atoms with van der Waals surface area (Å²) in [6, 6.07) is 7.92. The van der Waals surface area contributed by atoms with Crippen molar-refractivity contribution in [2.75, 3.05) is 17.3 Å². The molecule has 0 spiro atoms. The largest absolute Gasteiger partial charge is 0.374 e. The zero-order valence-electron chi connectivity index (χ0n) is 11.1. The average Bonchev–Trinajstić information content (AvgIpc) is 2.47. The van der Waals surface area contributed by atoms with Gasteiger partial charge in [-0.2, -0.15) is 0 Å². The Hall–Kier alpha value is -2.25. The number of hydrazine groups is 1. The van der Waals surface area contributed by atoms with Crippen molar-refractivity contribution >= 4 is 17.3 Å². The Morgan fingerprint density at radius 3 is 2.70 bits per heavy atom. The van der Waals surface area contributed by atoms with Gasteiger partial charge in [-0.1, -0.05) is 12.1 Å². The molecule has 0 amide bonds. The lowest BCUT2D eigenvalue weighted by Gasteiger charge is -2.10. The molecule has 1 aromatic carbocycles. The highest BCUT2D eigenvalue weighted by Crippen LogP contribution is 2.19. The highest BCUT2D eigenvalue weighted by atomic mass is 19.1. The van der Waals surface area contributed by atoms with Crippen LogP contribution in [0.2, 0.25) is 0 Å².